The first-order valence-corrected chi connectivity index (χ1v) is 18.0. The van der Waals surface area contributed by atoms with E-state index in [1.807, 2.05) is 31.2 Å². The zero-order valence-corrected chi connectivity index (χ0v) is 31.1. The summed E-state index contributed by atoms with van der Waals surface area (Å²) in [4.78, 5) is 12.6. The summed E-state index contributed by atoms with van der Waals surface area (Å²) < 4.78 is 5.39. The number of benzene rings is 4. The molecule has 1 saturated heterocycles. The molecule has 1 unspecified atom stereocenters. The quantitative estimate of drug-likeness (QED) is 0.0823. The van der Waals surface area contributed by atoms with Crippen LogP contribution in [0.4, 0.5) is 11.4 Å². The number of para-hydroxylation sites is 1. The van der Waals surface area contributed by atoms with Crippen LogP contribution >= 0.6 is 9.69 Å². The first-order valence-electron chi connectivity index (χ1n) is 15.8. The second-order valence-electron chi connectivity index (χ2n) is 13.7. The molecule has 5 nitrogen and oxygen atoms in total. The Morgan fingerprint density at radius 1 is 0.891 bits per heavy atom. The number of anilines is 1. The van der Waals surface area contributed by atoms with E-state index in [4.69, 9.17) is 4.74 Å². The van der Waals surface area contributed by atoms with Gasteiger partial charge in [-0.05, 0) is 73.9 Å². The molecule has 1 atom stereocenters. The number of nitro groups is 1. The number of hydrogen-bond acceptors (Lipinski definition) is 4. The standard InChI is InChI=1S/C29H36N.C10H12NO3.ClH.Ru/c1-20(2)23-15-11-16-24(21(3)4)27(23)30-19-29(7,18-28(30,5)6)26-17-10-13-22-12-8-9-14-25(22)26;1-7(2)14-10-5-4-9(11(12)13)6-8(10)3;;/h8-17,19-21H,18H2,1-7H3;4-7H,3H2,1-2H3;1H;/q2*-1;;+2/p-1. The van der Waals surface area contributed by atoms with Gasteiger partial charge in [0.1, 0.15) is 0 Å². The van der Waals surface area contributed by atoms with Crippen LogP contribution in [0.3, 0.4) is 0 Å². The molecular weight excluding hydrogens is 681 g/mol. The van der Waals surface area contributed by atoms with Crippen molar-refractivity contribution in [2.24, 2.45) is 0 Å². The minimum atomic E-state index is -0.451. The summed E-state index contributed by atoms with van der Waals surface area (Å²) in [5.74, 6) is 1.57. The third-order valence-corrected chi connectivity index (χ3v) is 8.47. The van der Waals surface area contributed by atoms with Crippen LogP contribution in [0.2, 0.25) is 0 Å². The van der Waals surface area contributed by atoms with Crippen molar-refractivity contribution in [2.45, 2.75) is 97.6 Å². The Bertz CT molecular complexity index is 1600. The van der Waals surface area contributed by atoms with E-state index in [1.165, 1.54) is 45.3 Å². The van der Waals surface area contributed by atoms with Gasteiger partial charge in [0.25, 0.3) is 0 Å². The van der Waals surface area contributed by atoms with Crippen LogP contribution in [0, 0.1) is 23.6 Å². The van der Waals surface area contributed by atoms with E-state index < -0.39 is 4.92 Å². The van der Waals surface area contributed by atoms with Crippen LogP contribution in [0.15, 0.2) is 78.9 Å². The Hall–Kier alpha value is -3.08. The van der Waals surface area contributed by atoms with E-state index in [9.17, 15) is 10.1 Å². The van der Waals surface area contributed by atoms with Crippen LogP contribution in [-0.4, -0.2) is 16.6 Å². The number of halogens is 1. The van der Waals surface area contributed by atoms with Gasteiger partial charge in [-0.15, -0.1) is 11.0 Å². The van der Waals surface area contributed by atoms with Gasteiger partial charge in [0.15, 0.2) is 0 Å². The summed E-state index contributed by atoms with van der Waals surface area (Å²) in [5.41, 5.74) is 6.36. The predicted octanol–water partition coefficient (Wildman–Crippen LogP) is 11.4. The molecule has 0 aromatic heterocycles. The summed E-state index contributed by atoms with van der Waals surface area (Å²) in [6.45, 7) is 26.5. The average Bonchev–Trinajstić information content (AvgIpc) is 3.27. The number of non-ortho nitro benzene ring substituents is 1. The van der Waals surface area contributed by atoms with Gasteiger partial charge in [0.2, 0.25) is 5.69 Å². The molecule has 0 spiro atoms. The molecule has 5 rings (SSSR count). The summed E-state index contributed by atoms with van der Waals surface area (Å²) in [6, 6.07) is 26.8. The van der Waals surface area contributed by atoms with Crippen molar-refractivity contribution in [3.05, 3.63) is 125 Å². The Morgan fingerprint density at radius 3 is 2.00 bits per heavy atom. The molecule has 1 aliphatic rings. The number of ether oxygens (including phenoxy) is 1. The Labute approximate surface area is 290 Å². The van der Waals surface area contributed by atoms with Gasteiger partial charge < -0.3 is 9.64 Å². The van der Waals surface area contributed by atoms with Crippen molar-refractivity contribution < 1.29 is 27.0 Å². The van der Waals surface area contributed by atoms with Crippen molar-refractivity contribution in [1.29, 1.82) is 0 Å². The summed E-state index contributed by atoms with van der Waals surface area (Å²) in [7, 11) is 4.57. The van der Waals surface area contributed by atoms with Gasteiger partial charge in [-0.1, -0.05) is 113 Å². The van der Waals surface area contributed by atoms with E-state index in [0.717, 1.165) is 6.42 Å². The fraction of sp³-hybridized carbons (Fsp3) is 0.385. The van der Waals surface area contributed by atoms with Gasteiger partial charge in [0, 0.05) is 21.9 Å². The van der Waals surface area contributed by atoms with Crippen molar-refractivity contribution in [3.8, 4) is 5.75 Å². The number of hydrogen-bond donors (Lipinski definition) is 0. The SMILES string of the molecule is CC(C)c1cccc(C(C)C)c1N1[CH-]C(C)(c2cccc3ccccc23)CC1(C)C.[CH2-]c1cc([N+](=O)[O-])ccc1OC(C)C.[Cl][Ru+]. The van der Waals surface area contributed by atoms with E-state index in [1.54, 1.807) is 6.07 Å². The van der Waals surface area contributed by atoms with Crippen molar-refractivity contribution in [3.63, 3.8) is 0 Å². The Morgan fingerprint density at radius 2 is 1.46 bits per heavy atom. The number of nitrogens with zero attached hydrogens (tertiary/aromatic N) is 2. The summed E-state index contributed by atoms with van der Waals surface area (Å²) in [6.07, 6.45) is 1.13. The first-order chi connectivity index (χ1) is 21.6. The van der Waals surface area contributed by atoms with Crippen LogP contribution in [0.5, 0.6) is 5.75 Å². The third-order valence-electron chi connectivity index (χ3n) is 8.47. The molecule has 4 aromatic carbocycles. The molecule has 46 heavy (non-hydrogen) atoms. The second kappa shape index (κ2) is 15.7. The molecule has 0 bridgehead atoms. The normalized spacial score (nSPS) is 17.0. The molecule has 7 heteroatoms. The fourth-order valence-corrected chi connectivity index (χ4v) is 6.58. The topological polar surface area (TPSA) is 55.6 Å². The van der Waals surface area contributed by atoms with Gasteiger partial charge in [-0.2, -0.15) is 6.92 Å². The van der Waals surface area contributed by atoms with Gasteiger partial charge in [-0.25, -0.2) is 6.54 Å². The third kappa shape index (κ3) is 8.44. The monoisotopic (exact) mass is 729 g/mol. The zero-order valence-electron chi connectivity index (χ0n) is 28.6. The maximum atomic E-state index is 10.4. The Balaban J connectivity index is 0.000000303. The van der Waals surface area contributed by atoms with Crippen molar-refractivity contribution >= 4 is 31.8 Å². The molecule has 0 aliphatic carbocycles. The molecule has 1 fully saturated rings. The molecule has 1 aliphatic heterocycles. The molecule has 0 amide bonds. The molecule has 1 heterocycles. The first kappa shape index (κ1) is 37.4. The Kier molecular flexibility index (Phi) is 12.7. The van der Waals surface area contributed by atoms with Crippen LogP contribution in [0.25, 0.3) is 10.8 Å². The van der Waals surface area contributed by atoms with E-state index in [0.29, 0.717) is 23.1 Å². The fourth-order valence-electron chi connectivity index (χ4n) is 6.58. The van der Waals surface area contributed by atoms with Crippen LogP contribution < -0.4 is 9.64 Å². The van der Waals surface area contributed by atoms with Crippen molar-refractivity contribution in [1.82, 2.24) is 0 Å². The number of nitro benzene ring substituents is 1. The predicted molar refractivity (Wildman–Crippen MR) is 191 cm³/mol. The molecular formula is C39H48ClN2O3Ru-. The van der Waals surface area contributed by atoms with Gasteiger partial charge in [-0.3, -0.25) is 10.1 Å². The minimum absolute atomic E-state index is 0.0112. The van der Waals surface area contributed by atoms with E-state index in [2.05, 4.69) is 137 Å². The van der Waals surface area contributed by atoms with E-state index in [-0.39, 0.29) is 22.7 Å². The van der Waals surface area contributed by atoms with Crippen LogP contribution in [-0.2, 0) is 22.7 Å². The molecule has 0 saturated carbocycles. The van der Waals surface area contributed by atoms with Crippen LogP contribution in [0.1, 0.15) is 103 Å². The van der Waals surface area contributed by atoms with Gasteiger partial charge >= 0.3 is 27.0 Å². The zero-order chi connectivity index (χ0) is 34.4. The molecule has 0 radical (unpaired) electrons. The summed E-state index contributed by atoms with van der Waals surface area (Å²) in [5, 5.41) is 13.1. The number of rotatable bonds is 7. The maximum absolute atomic E-state index is 10.4. The summed E-state index contributed by atoms with van der Waals surface area (Å²) >= 11 is 1.82. The average molecular weight is 729 g/mol. The second-order valence-corrected chi connectivity index (χ2v) is 13.7. The van der Waals surface area contributed by atoms with Gasteiger partial charge in [0.05, 0.1) is 6.10 Å². The van der Waals surface area contributed by atoms with Crippen molar-refractivity contribution in [2.75, 3.05) is 4.90 Å². The van der Waals surface area contributed by atoms with E-state index >= 15 is 0 Å². The molecule has 0 N–H and O–H groups in total. The molecule has 4 aromatic rings. The number of fused-ring (bicyclic) bond motifs is 1. The molecule has 248 valence electrons.